The minimum absolute atomic E-state index is 0.0450. The Morgan fingerprint density at radius 3 is 2.41 bits per heavy atom. The van der Waals surface area contributed by atoms with Crippen molar-refractivity contribution in [2.24, 2.45) is 0 Å². The molecule has 0 radical (unpaired) electrons. The predicted octanol–water partition coefficient (Wildman–Crippen LogP) is 4.58. The number of benzene rings is 2. The zero-order valence-electron chi connectivity index (χ0n) is 16.9. The number of carbonyl (C=O) groups is 1. The van der Waals surface area contributed by atoms with E-state index in [4.69, 9.17) is 9.47 Å². The Kier molecular flexibility index (Phi) is 6.29. The lowest BCUT2D eigenvalue weighted by Crippen LogP contribution is -2.14. The van der Waals surface area contributed by atoms with Gasteiger partial charge >= 0.3 is 0 Å². The number of aromatic nitrogens is 2. The van der Waals surface area contributed by atoms with Crippen LogP contribution in [0.5, 0.6) is 11.5 Å². The molecule has 3 rings (SSSR count). The minimum atomic E-state index is -0.316. The summed E-state index contributed by atoms with van der Waals surface area (Å²) in [5.41, 5.74) is 2.70. The fourth-order valence-electron chi connectivity index (χ4n) is 2.67. The molecule has 0 saturated carbocycles. The Labute approximate surface area is 170 Å². The topological polar surface area (TPSA) is 85.4 Å². The summed E-state index contributed by atoms with van der Waals surface area (Å²) in [6, 6.07) is 13.1. The molecule has 0 unspecified atom stereocenters. The van der Waals surface area contributed by atoms with E-state index in [1.54, 1.807) is 7.11 Å². The second-order valence-corrected chi connectivity index (χ2v) is 6.74. The number of hydrogen-bond donors (Lipinski definition) is 2. The quantitative estimate of drug-likeness (QED) is 0.612. The van der Waals surface area contributed by atoms with Gasteiger partial charge in [0.15, 0.2) is 0 Å². The molecule has 0 bridgehead atoms. The normalized spacial score (nSPS) is 10.5. The summed E-state index contributed by atoms with van der Waals surface area (Å²) < 4.78 is 11.1. The van der Waals surface area contributed by atoms with E-state index in [0.29, 0.717) is 28.7 Å². The van der Waals surface area contributed by atoms with Gasteiger partial charge in [0.25, 0.3) is 5.91 Å². The highest BCUT2D eigenvalue weighted by Gasteiger charge is 2.12. The first-order chi connectivity index (χ1) is 14.0. The van der Waals surface area contributed by atoms with Crippen LogP contribution in [0, 0.1) is 6.92 Å². The maximum absolute atomic E-state index is 12.6. The molecular formula is C22H24N4O3. The van der Waals surface area contributed by atoms with Gasteiger partial charge in [-0.15, -0.1) is 0 Å². The van der Waals surface area contributed by atoms with E-state index in [9.17, 15) is 4.79 Å². The molecule has 0 aliphatic carbocycles. The third-order valence-electron chi connectivity index (χ3n) is 4.01. The summed E-state index contributed by atoms with van der Waals surface area (Å²) in [6.07, 6.45) is 2.99. The van der Waals surface area contributed by atoms with Gasteiger partial charge in [0.05, 0.1) is 30.2 Å². The van der Waals surface area contributed by atoms with Crippen molar-refractivity contribution in [3.63, 3.8) is 0 Å². The maximum Gasteiger partial charge on any atom is 0.258 e. The molecule has 150 valence electrons. The lowest BCUT2D eigenvalue weighted by molar-refractivity contribution is 0.102. The number of anilines is 3. The summed E-state index contributed by atoms with van der Waals surface area (Å²) >= 11 is 0. The molecule has 0 saturated heterocycles. The summed E-state index contributed by atoms with van der Waals surface area (Å²) in [7, 11) is 1.56. The van der Waals surface area contributed by atoms with E-state index in [1.807, 2.05) is 63.2 Å². The fourth-order valence-corrected chi connectivity index (χ4v) is 2.67. The Morgan fingerprint density at radius 2 is 1.72 bits per heavy atom. The van der Waals surface area contributed by atoms with Crippen molar-refractivity contribution in [2.75, 3.05) is 17.7 Å². The molecular weight excluding hydrogens is 368 g/mol. The van der Waals surface area contributed by atoms with Crippen LogP contribution in [0.2, 0.25) is 0 Å². The molecule has 0 fully saturated rings. The fraction of sp³-hybridized carbons (Fsp3) is 0.227. The van der Waals surface area contributed by atoms with E-state index in [1.165, 1.54) is 12.4 Å². The zero-order chi connectivity index (χ0) is 20.8. The van der Waals surface area contributed by atoms with Crippen molar-refractivity contribution in [1.82, 2.24) is 9.97 Å². The van der Waals surface area contributed by atoms with E-state index >= 15 is 0 Å². The number of carbonyl (C=O) groups excluding carboxylic acids is 1. The monoisotopic (exact) mass is 392 g/mol. The second kappa shape index (κ2) is 9.05. The Morgan fingerprint density at radius 1 is 1.00 bits per heavy atom. The number of rotatable bonds is 7. The number of hydrogen-bond acceptors (Lipinski definition) is 6. The number of para-hydroxylation sites is 2. The first-order valence-corrected chi connectivity index (χ1v) is 9.27. The first-order valence-electron chi connectivity index (χ1n) is 9.27. The van der Waals surface area contributed by atoms with Crippen molar-refractivity contribution >= 4 is 23.2 Å². The largest absolute Gasteiger partial charge is 0.495 e. The average molecular weight is 392 g/mol. The summed E-state index contributed by atoms with van der Waals surface area (Å²) in [5.74, 6) is 1.35. The zero-order valence-corrected chi connectivity index (χ0v) is 16.9. The van der Waals surface area contributed by atoms with Gasteiger partial charge in [0, 0.05) is 12.4 Å². The average Bonchev–Trinajstić information content (AvgIpc) is 2.70. The van der Waals surface area contributed by atoms with E-state index in [2.05, 4.69) is 20.6 Å². The molecule has 1 amide bonds. The van der Waals surface area contributed by atoms with Crippen molar-refractivity contribution in [2.45, 2.75) is 26.9 Å². The number of amides is 1. The number of methoxy groups -OCH3 is 1. The van der Waals surface area contributed by atoms with Crippen LogP contribution in [0.1, 0.15) is 29.8 Å². The first kappa shape index (κ1) is 20.1. The molecule has 0 atom stereocenters. The second-order valence-electron chi connectivity index (χ2n) is 6.74. The smallest absolute Gasteiger partial charge is 0.258 e. The van der Waals surface area contributed by atoms with Gasteiger partial charge in [-0.25, -0.2) is 9.97 Å². The predicted molar refractivity (Wildman–Crippen MR) is 113 cm³/mol. The third-order valence-corrected chi connectivity index (χ3v) is 4.01. The van der Waals surface area contributed by atoms with Gasteiger partial charge in [0.1, 0.15) is 11.5 Å². The Bertz CT molecular complexity index is 988. The van der Waals surface area contributed by atoms with E-state index in [0.717, 1.165) is 11.3 Å². The lowest BCUT2D eigenvalue weighted by atomic mass is 10.2. The van der Waals surface area contributed by atoms with Crippen LogP contribution in [0.3, 0.4) is 0 Å². The van der Waals surface area contributed by atoms with Gasteiger partial charge in [-0.1, -0.05) is 18.2 Å². The molecule has 2 N–H and O–H groups in total. The van der Waals surface area contributed by atoms with Crippen LogP contribution in [0.25, 0.3) is 0 Å². The molecule has 7 heteroatoms. The summed E-state index contributed by atoms with van der Waals surface area (Å²) in [4.78, 5) is 21.0. The van der Waals surface area contributed by atoms with Crippen molar-refractivity contribution in [3.05, 3.63) is 66.0 Å². The summed E-state index contributed by atoms with van der Waals surface area (Å²) in [6.45, 7) is 5.87. The summed E-state index contributed by atoms with van der Waals surface area (Å²) in [5, 5.41) is 5.95. The molecule has 29 heavy (non-hydrogen) atoms. The standard InChI is InChI=1S/C22H24N4O3/c1-14(2)29-20-8-6-5-7-17(20)26-22-23-12-16(13-24-22)21(27)25-18-11-15(3)9-10-19(18)28-4/h5-14H,1-4H3,(H,25,27)(H,23,24,26). The highest BCUT2D eigenvalue weighted by molar-refractivity contribution is 6.04. The van der Waals surface area contributed by atoms with Gasteiger partial charge in [-0.05, 0) is 50.6 Å². The SMILES string of the molecule is COc1ccc(C)cc1NC(=O)c1cnc(Nc2ccccc2OC(C)C)nc1. The Hall–Kier alpha value is -3.61. The highest BCUT2D eigenvalue weighted by Crippen LogP contribution is 2.27. The van der Waals surface area contributed by atoms with Crippen LogP contribution in [0.4, 0.5) is 17.3 Å². The van der Waals surface area contributed by atoms with Crippen LogP contribution in [-0.4, -0.2) is 29.1 Å². The molecule has 7 nitrogen and oxygen atoms in total. The van der Waals surface area contributed by atoms with Crippen LogP contribution in [-0.2, 0) is 0 Å². The lowest BCUT2D eigenvalue weighted by Gasteiger charge is -2.14. The molecule has 3 aromatic rings. The van der Waals surface area contributed by atoms with Gasteiger partial charge in [0.2, 0.25) is 5.95 Å². The molecule has 2 aromatic carbocycles. The van der Waals surface area contributed by atoms with Crippen molar-refractivity contribution in [3.8, 4) is 11.5 Å². The van der Waals surface area contributed by atoms with Gasteiger partial charge in [-0.2, -0.15) is 0 Å². The number of aryl methyl sites for hydroxylation is 1. The minimum Gasteiger partial charge on any atom is -0.495 e. The maximum atomic E-state index is 12.6. The Balaban J connectivity index is 1.72. The molecule has 0 aliphatic rings. The van der Waals surface area contributed by atoms with E-state index in [-0.39, 0.29) is 12.0 Å². The third kappa shape index (κ3) is 5.22. The van der Waals surface area contributed by atoms with Crippen molar-refractivity contribution in [1.29, 1.82) is 0 Å². The molecule has 0 spiro atoms. The van der Waals surface area contributed by atoms with Crippen LogP contribution in [0.15, 0.2) is 54.9 Å². The molecule has 1 aromatic heterocycles. The van der Waals surface area contributed by atoms with Gasteiger partial charge in [-0.3, -0.25) is 4.79 Å². The molecule has 0 aliphatic heterocycles. The molecule has 1 heterocycles. The van der Waals surface area contributed by atoms with Crippen LogP contribution < -0.4 is 20.1 Å². The number of nitrogens with one attached hydrogen (secondary N) is 2. The highest BCUT2D eigenvalue weighted by atomic mass is 16.5. The number of ether oxygens (including phenoxy) is 2. The van der Waals surface area contributed by atoms with E-state index < -0.39 is 0 Å². The van der Waals surface area contributed by atoms with Crippen LogP contribution >= 0.6 is 0 Å². The van der Waals surface area contributed by atoms with Crippen molar-refractivity contribution < 1.29 is 14.3 Å². The number of nitrogens with zero attached hydrogens (tertiary/aromatic N) is 2. The van der Waals surface area contributed by atoms with Gasteiger partial charge < -0.3 is 20.1 Å².